The molecule has 0 bridgehead atoms. The van der Waals surface area contributed by atoms with Gasteiger partial charge in [-0.3, -0.25) is 4.79 Å². The maximum atomic E-state index is 11.3. The Morgan fingerprint density at radius 2 is 2.24 bits per heavy atom. The summed E-state index contributed by atoms with van der Waals surface area (Å²) < 4.78 is 10.0. The van der Waals surface area contributed by atoms with Gasteiger partial charge in [0, 0.05) is 17.4 Å². The molecule has 0 saturated heterocycles. The smallest absolute Gasteiger partial charge is 0.306 e. The minimum atomic E-state index is -0.195. The van der Waals surface area contributed by atoms with E-state index in [1.165, 1.54) is 11.3 Å². The number of esters is 1. The first-order valence-corrected chi connectivity index (χ1v) is 7.83. The van der Waals surface area contributed by atoms with Crippen LogP contribution in [0.25, 0.3) is 10.6 Å². The molecule has 0 atom stereocenters. The molecule has 0 radical (unpaired) electrons. The number of aryl methyl sites for hydroxylation is 1. The SMILES string of the molecule is CCOC(=O)CCc1csc(-c2ccc(OC)c(Cl)c2)n1. The third-order valence-electron chi connectivity index (χ3n) is 2.84. The Labute approximate surface area is 132 Å². The number of benzene rings is 1. The van der Waals surface area contributed by atoms with E-state index in [-0.39, 0.29) is 5.97 Å². The van der Waals surface area contributed by atoms with Crippen LogP contribution in [0, 0.1) is 0 Å². The molecule has 1 aromatic carbocycles. The highest BCUT2D eigenvalue weighted by Crippen LogP contribution is 2.31. The zero-order valence-corrected chi connectivity index (χ0v) is 13.5. The van der Waals surface area contributed by atoms with E-state index in [1.807, 2.05) is 23.6 Å². The molecule has 1 heterocycles. The summed E-state index contributed by atoms with van der Waals surface area (Å²) in [6.07, 6.45) is 0.930. The van der Waals surface area contributed by atoms with Crippen LogP contribution in [0.3, 0.4) is 0 Å². The van der Waals surface area contributed by atoms with Crippen molar-refractivity contribution in [1.29, 1.82) is 0 Å². The van der Waals surface area contributed by atoms with Crippen molar-refractivity contribution in [2.24, 2.45) is 0 Å². The molecule has 0 N–H and O–H groups in total. The number of thiazole rings is 1. The van der Waals surface area contributed by atoms with Crippen LogP contribution in [-0.2, 0) is 16.0 Å². The van der Waals surface area contributed by atoms with Crippen LogP contribution in [-0.4, -0.2) is 24.7 Å². The van der Waals surface area contributed by atoms with Crippen molar-refractivity contribution in [2.75, 3.05) is 13.7 Å². The van der Waals surface area contributed by atoms with Gasteiger partial charge in [0.2, 0.25) is 0 Å². The third kappa shape index (κ3) is 4.19. The standard InChI is InChI=1S/C15H16ClNO3S/c1-3-20-14(18)7-5-11-9-21-15(17-11)10-4-6-13(19-2)12(16)8-10/h4,6,8-9H,3,5,7H2,1-2H3. The highest BCUT2D eigenvalue weighted by molar-refractivity contribution is 7.13. The predicted molar refractivity (Wildman–Crippen MR) is 84.1 cm³/mol. The Morgan fingerprint density at radius 1 is 1.43 bits per heavy atom. The van der Waals surface area contributed by atoms with Gasteiger partial charge < -0.3 is 9.47 Å². The number of ether oxygens (including phenoxy) is 2. The van der Waals surface area contributed by atoms with Gasteiger partial charge in [0.25, 0.3) is 0 Å². The van der Waals surface area contributed by atoms with Gasteiger partial charge in [-0.25, -0.2) is 4.98 Å². The van der Waals surface area contributed by atoms with Crippen LogP contribution < -0.4 is 4.74 Å². The molecule has 0 saturated carbocycles. The number of nitrogens with zero attached hydrogens (tertiary/aromatic N) is 1. The molecule has 0 aliphatic carbocycles. The highest BCUT2D eigenvalue weighted by atomic mass is 35.5. The fourth-order valence-electron chi connectivity index (χ4n) is 1.82. The van der Waals surface area contributed by atoms with Gasteiger partial charge in [-0.1, -0.05) is 11.6 Å². The topological polar surface area (TPSA) is 48.4 Å². The molecule has 112 valence electrons. The lowest BCUT2D eigenvalue weighted by Gasteiger charge is -2.03. The normalized spacial score (nSPS) is 10.4. The lowest BCUT2D eigenvalue weighted by molar-refractivity contribution is -0.143. The molecule has 0 spiro atoms. The average Bonchev–Trinajstić information content (AvgIpc) is 2.94. The summed E-state index contributed by atoms with van der Waals surface area (Å²) in [5.74, 6) is 0.444. The largest absolute Gasteiger partial charge is 0.495 e. The molecule has 6 heteroatoms. The van der Waals surface area contributed by atoms with Crippen molar-refractivity contribution in [2.45, 2.75) is 19.8 Å². The lowest BCUT2D eigenvalue weighted by atomic mass is 10.2. The second kappa shape index (κ2) is 7.43. The molecular formula is C15H16ClNO3S. The molecule has 0 amide bonds. The second-order valence-corrected chi connectivity index (χ2v) is 5.56. The van der Waals surface area contributed by atoms with Crippen molar-refractivity contribution < 1.29 is 14.3 Å². The van der Waals surface area contributed by atoms with Crippen molar-refractivity contribution in [1.82, 2.24) is 4.98 Å². The molecule has 0 fully saturated rings. The minimum absolute atomic E-state index is 0.195. The number of halogens is 1. The summed E-state index contributed by atoms with van der Waals surface area (Å²) in [5, 5.41) is 3.38. The van der Waals surface area contributed by atoms with Crippen LogP contribution in [0.5, 0.6) is 5.75 Å². The Morgan fingerprint density at radius 3 is 2.90 bits per heavy atom. The highest BCUT2D eigenvalue weighted by Gasteiger charge is 2.09. The van der Waals surface area contributed by atoms with Gasteiger partial charge in [0.1, 0.15) is 10.8 Å². The van der Waals surface area contributed by atoms with E-state index in [9.17, 15) is 4.79 Å². The minimum Gasteiger partial charge on any atom is -0.495 e. The average molecular weight is 326 g/mol. The van der Waals surface area contributed by atoms with Gasteiger partial charge >= 0.3 is 5.97 Å². The first-order chi connectivity index (χ1) is 10.1. The number of methoxy groups -OCH3 is 1. The van der Waals surface area contributed by atoms with Crippen molar-refractivity contribution in [3.63, 3.8) is 0 Å². The molecule has 0 aliphatic rings. The summed E-state index contributed by atoms with van der Waals surface area (Å²) in [5.41, 5.74) is 1.82. The maximum Gasteiger partial charge on any atom is 0.306 e. The zero-order valence-electron chi connectivity index (χ0n) is 11.9. The Kier molecular flexibility index (Phi) is 5.59. The van der Waals surface area contributed by atoms with Gasteiger partial charge in [-0.15, -0.1) is 11.3 Å². The Bertz CT molecular complexity index is 627. The van der Waals surface area contributed by atoms with Crippen LogP contribution in [0.15, 0.2) is 23.6 Å². The van der Waals surface area contributed by atoms with E-state index in [1.54, 1.807) is 14.0 Å². The van der Waals surface area contributed by atoms with E-state index < -0.39 is 0 Å². The number of aromatic nitrogens is 1. The molecule has 4 nitrogen and oxygen atoms in total. The number of carbonyl (C=O) groups is 1. The predicted octanol–water partition coefficient (Wildman–Crippen LogP) is 3.97. The first-order valence-electron chi connectivity index (χ1n) is 6.58. The quantitative estimate of drug-likeness (QED) is 0.754. The monoisotopic (exact) mass is 325 g/mol. The van der Waals surface area contributed by atoms with E-state index in [0.717, 1.165) is 16.3 Å². The van der Waals surface area contributed by atoms with Crippen LogP contribution >= 0.6 is 22.9 Å². The molecule has 1 aromatic heterocycles. The molecule has 2 aromatic rings. The third-order valence-corrected chi connectivity index (χ3v) is 4.08. The molecule has 0 aliphatic heterocycles. The molecule has 2 rings (SSSR count). The zero-order chi connectivity index (χ0) is 15.2. The Hall–Kier alpha value is -1.59. The van der Waals surface area contributed by atoms with Crippen molar-refractivity contribution in [3.05, 3.63) is 34.3 Å². The van der Waals surface area contributed by atoms with E-state index in [0.29, 0.717) is 30.2 Å². The second-order valence-electron chi connectivity index (χ2n) is 4.30. The van der Waals surface area contributed by atoms with E-state index in [2.05, 4.69) is 4.98 Å². The summed E-state index contributed by atoms with van der Waals surface area (Å²) >= 11 is 7.64. The number of hydrogen-bond donors (Lipinski definition) is 0. The van der Waals surface area contributed by atoms with Gasteiger partial charge in [0.05, 0.1) is 30.9 Å². The van der Waals surface area contributed by atoms with Crippen molar-refractivity contribution in [3.8, 4) is 16.3 Å². The summed E-state index contributed by atoms with van der Waals surface area (Å²) in [7, 11) is 1.58. The van der Waals surface area contributed by atoms with Crippen LogP contribution in [0.4, 0.5) is 0 Å². The van der Waals surface area contributed by atoms with Crippen molar-refractivity contribution >= 4 is 28.9 Å². The Balaban J connectivity index is 2.05. The van der Waals surface area contributed by atoms with Crippen LogP contribution in [0.2, 0.25) is 5.02 Å². The number of carbonyl (C=O) groups excluding carboxylic acids is 1. The fourth-order valence-corrected chi connectivity index (χ4v) is 2.93. The number of rotatable bonds is 6. The lowest BCUT2D eigenvalue weighted by Crippen LogP contribution is -2.05. The molecular weight excluding hydrogens is 310 g/mol. The summed E-state index contributed by atoms with van der Waals surface area (Å²) in [4.78, 5) is 15.9. The first kappa shape index (κ1) is 15.8. The van der Waals surface area contributed by atoms with Gasteiger partial charge in [0.15, 0.2) is 0 Å². The van der Waals surface area contributed by atoms with E-state index in [4.69, 9.17) is 21.1 Å². The fraction of sp³-hybridized carbons (Fsp3) is 0.333. The van der Waals surface area contributed by atoms with E-state index >= 15 is 0 Å². The van der Waals surface area contributed by atoms with Gasteiger partial charge in [-0.2, -0.15) is 0 Å². The maximum absolute atomic E-state index is 11.3. The van der Waals surface area contributed by atoms with Crippen LogP contribution in [0.1, 0.15) is 19.0 Å². The molecule has 21 heavy (non-hydrogen) atoms. The van der Waals surface area contributed by atoms with Gasteiger partial charge in [-0.05, 0) is 25.1 Å². The summed E-state index contributed by atoms with van der Waals surface area (Å²) in [6, 6.07) is 5.56. The molecule has 0 unspecified atom stereocenters. The summed E-state index contributed by atoms with van der Waals surface area (Å²) in [6.45, 7) is 2.21. The number of hydrogen-bond acceptors (Lipinski definition) is 5.